The molecule has 112 valence electrons. The van der Waals surface area contributed by atoms with Gasteiger partial charge in [-0.25, -0.2) is 0 Å². The highest BCUT2D eigenvalue weighted by Gasteiger charge is 2.32. The van der Waals surface area contributed by atoms with E-state index in [0.717, 1.165) is 0 Å². The number of nitrogens with one attached hydrogen (secondary N) is 1. The average molecular weight is 302 g/mol. The predicted molar refractivity (Wildman–Crippen MR) is 79.1 cm³/mol. The summed E-state index contributed by atoms with van der Waals surface area (Å²) in [6.07, 6.45) is 0.717. The van der Waals surface area contributed by atoms with Crippen LogP contribution in [-0.4, -0.2) is 37.9 Å². The van der Waals surface area contributed by atoms with Gasteiger partial charge in [0.25, 0.3) is 10.2 Å². The molecule has 0 aromatic rings. The van der Waals surface area contributed by atoms with Gasteiger partial charge in [-0.15, -0.1) is 12.4 Å². The lowest BCUT2D eigenvalue weighted by molar-refractivity contribution is 0.324. The zero-order chi connectivity index (χ0) is 13.9. The first-order valence-electron chi connectivity index (χ1n) is 6.01. The summed E-state index contributed by atoms with van der Waals surface area (Å²) in [5, 5.41) is 0. The molecule has 0 aromatic heterocycles. The van der Waals surface area contributed by atoms with E-state index < -0.39 is 15.7 Å². The van der Waals surface area contributed by atoms with Crippen molar-refractivity contribution in [2.45, 2.75) is 52.6 Å². The second-order valence-corrected chi connectivity index (χ2v) is 7.31. The van der Waals surface area contributed by atoms with Crippen LogP contribution >= 0.6 is 12.4 Å². The van der Waals surface area contributed by atoms with E-state index in [9.17, 15) is 8.42 Å². The van der Waals surface area contributed by atoms with Crippen LogP contribution in [0.25, 0.3) is 0 Å². The van der Waals surface area contributed by atoms with E-state index >= 15 is 0 Å². The van der Waals surface area contributed by atoms with Gasteiger partial charge in [0, 0.05) is 25.2 Å². The lowest BCUT2D eigenvalue weighted by Gasteiger charge is -2.33. The quantitative estimate of drug-likeness (QED) is 0.745. The summed E-state index contributed by atoms with van der Waals surface area (Å²) in [4.78, 5) is 0. The monoisotopic (exact) mass is 301 g/mol. The Labute approximate surface area is 118 Å². The lowest BCUT2D eigenvalue weighted by Crippen LogP contribution is -2.56. The minimum atomic E-state index is -3.47. The smallest absolute Gasteiger partial charge is 0.279 e. The molecule has 5 nitrogen and oxygen atoms in total. The molecule has 0 spiro atoms. The largest absolute Gasteiger partial charge is 0.329 e. The maximum atomic E-state index is 12.1. The third-order valence-electron chi connectivity index (χ3n) is 2.79. The van der Waals surface area contributed by atoms with Crippen LogP contribution in [0.15, 0.2) is 0 Å². The Kier molecular flexibility index (Phi) is 8.68. The molecule has 0 rings (SSSR count). The third kappa shape index (κ3) is 6.33. The summed E-state index contributed by atoms with van der Waals surface area (Å²) in [6, 6.07) is -0.0754. The number of rotatable bonds is 7. The van der Waals surface area contributed by atoms with E-state index in [1.54, 1.807) is 7.05 Å². The van der Waals surface area contributed by atoms with Crippen LogP contribution in [-0.2, 0) is 10.2 Å². The first-order chi connectivity index (χ1) is 7.54. The summed E-state index contributed by atoms with van der Waals surface area (Å²) in [5.74, 6) is 0.385. The van der Waals surface area contributed by atoms with Crippen molar-refractivity contribution in [2.24, 2.45) is 11.7 Å². The third-order valence-corrected chi connectivity index (χ3v) is 4.72. The maximum Gasteiger partial charge on any atom is 0.279 e. The van der Waals surface area contributed by atoms with Crippen molar-refractivity contribution in [1.29, 1.82) is 0 Å². The topological polar surface area (TPSA) is 75.4 Å². The van der Waals surface area contributed by atoms with Crippen molar-refractivity contribution in [3.63, 3.8) is 0 Å². The lowest BCUT2D eigenvalue weighted by atomic mass is 9.92. The zero-order valence-corrected chi connectivity index (χ0v) is 13.9. The Balaban J connectivity index is 0. The molecule has 3 N–H and O–H groups in total. The summed E-state index contributed by atoms with van der Waals surface area (Å²) in [6.45, 7) is 9.90. The van der Waals surface area contributed by atoms with Gasteiger partial charge in [-0.2, -0.15) is 17.4 Å². The molecule has 0 aromatic carbocycles. The van der Waals surface area contributed by atoms with Gasteiger partial charge in [-0.3, -0.25) is 0 Å². The van der Waals surface area contributed by atoms with Crippen molar-refractivity contribution in [3.8, 4) is 0 Å². The fourth-order valence-electron chi connectivity index (χ4n) is 1.73. The van der Waals surface area contributed by atoms with Gasteiger partial charge in [0.05, 0.1) is 0 Å². The van der Waals surface area contributed by atoms with Crippen molar-refractivity contribution in [3.05, 3.63) is 0 Å². The van der Waals surface area contributed by atoms with Gasteiger partial charge in [-0.1, -0.05) is 13.8 Å². The molecular formula is C11H28ClN3O2S. The second-order valence-electron chi connectivity index (χ2n) is 5.58. The van der Waals surface area contributed by atoms with E-state index in [1.165, 1.54) is 4.31 Å². The first kappa shape index (κ1) is 20.4. The molecule has 0 saturated heterocycles. The van der Waals surface area contributed by atoms with E-state index in [2.05, 4.69) is 4.72 Å². The fraction of sp³-hybridized carbons (Fsp3) is 1.00. The average Bonchev–Trinajstić information content (AvgIpc) is 2.14. The van der Waals surface area contributed by atoms with Gasteiger partial charge in [0.2, 0.25) is 0 Å². The minimum absolute atomic E-state index is 0. The highest BCUT2D eigenvalue weighted by Crippen LogP contribution is 2.17. The Bertz CT molecular complexity index is 333. The van der Waals surface area contributed by atoms with Crippen molar-refractivity contribution in [2.75, 3.05) is 13.6 Å². The highest BCUT2D eigenvalue weighted by atomic mass is 35.5. The molecule has 1 unspecified atom stereocenters. The molecule has 0 aliphatic rings. The SMILES string of the molecule is CC(C)CC(C)(CN)NS(=O)(=O)N(C)C(C)C.Cl. The highest BCUT2D eigenvalue weighted by molar-refractivity contribution is 7.87. The molecule has 0 amide bonds. The van der Waals surface area contributed by atoms with Crippen LogP contribution in [0, 0.1) is 5.92 Å². The summed E-state index contributed by atoms with van der Waals surface area (Å²) >= 11 is 0. The van der Waals surface area contributed by atoms with Gasteiger partial charge in [0.1, 0.15) is 0 Å². The summed E-state index contributed by atoms with van der Waals surface area (Å²) in [5.41, 5.74) is 5.11. The van der Waals surface area contributed by atoms with Crippen LogP contribution in [0.3, 0.4) is 0 Å². The van der Waals surface area contributed by atoms with Crippen LogP contribution in [0.2, 0.25) is 0 Å². The number of nitrogens with zero attached hydrogens (tertiary/aromatic N) is 1. The van der Waals surface area contributed by atoms with Crippen LogP contribution in [0.5, 0.6) is 0 Å². The number of halogens is 1. The molecule has 0 aliphatic heterocycles. The van der Waals surface area contributed by atoms with E-state index in [1.807, 2.05) is 34.6 Å². The Morgan fingerprint density at radius 1 is 1.28 bits per heavy atom. The van der Waals surface area contributed by atoms with Gasteiger partial charge in [0.15, 0.2) is 0 Å². The zero-order valence-electron chi connectivity index (χ0n) is 12.2. The fourth-order valence-corrected chi connectivity index (χ4v) is 3.22. The van der Waals surface area contributed by atoms with Crippen molar-refractivity contribution < 1.29 is 8.42 Å². The first-order valence-corrected chi connectivity index (χ1v) is 7.45. The molecule has 1 atom stereocenters. The molecule has 0 heterocycles. The standard InChI is InChI=1S/C11H27N3O2S.ClH/c1-9(2)7-11(5,8-12)13-17(15,16)14(6)10(3)4;/h9-10,13H,7-8,12H2,1-6H3;1H. The molecule has 0 bridgehead atoms. The number of nitrogens with two attached hydrogens (primary N) is 1. The van der Waals surface area contributed by atoms with E-state index in [4.69, 9.17) is 5.73 Å². The number of hydrogen-bond donors (Lipinski definition) is 2. The Morgan fingerprint density at radius 3 is 2.00 bits per heavy atom. The minimum Gasteiger partial charge on any atom is -0.329 e. The molecule has 0 radical (unpaired) electrons. The molecule has 0 saturated carbocycles. The van der Waals surface area contributed by atoms with Crippen molar-refractivity contribution >= 4 is 22.6 Å². The van der Waals surface area contributed by atoms with Crippen LogP contribution in [0.1, 0.15) is 41.0 Å². The molecular weight excluding hydrogens is 274 g/mol. The number of hydrogen-bond acceptors (Lipinski definition) is 3. The van der Waals surface area contributed by atoms with E-state index in [-0.39, 0.29) is 25.0 Å². The normalized spacial score (nSPS) is 15.9. The molecule has 18 heavy (non-hydrogen) atoms. The van der Waals surface area contributed by atoms with Gasteiger partial charge >= 0.3 is 0 Å². The Hall–Kier alpha value is 0.120. The van der Waals surface area contributed by atoms with Crippen LogP contribution in [0.4, 0.5) is 0 Å². The summed E-state index contributed by atoms with van der Waals surface area (Å²) in [7, 11) is -1.90. The molecule has 7 heteroatoms. The van der Waals surface area contributed by atoms with Crippen LogP contribution < -0.4 is 10.5 Å². The Morgan fingerprint density at radius 2 is 1.72 bits per heavy atom. The van der Waals surface area contributed by atoms with Gasteiger partial charge < -0.3 is 5.73 Å². The molecule has 0 fully saturated rings. The summed E-state index contributed by atoms with van der Waals surface area (Å²) < 4.78 is 28.2. The van der Waals surface area contributed by atoms with Gasteiger partial charge in [-0.05, 0) is 33.1 Å². The van der Waals surface area contributed by atoms with Crippen molar-refractivity contribution in [1.82, 2.24) is 9.03 Å². The maximum absolute atomic E-state index is 12.1. The second kappa shape index (κ2) is 7.65. The predicted octanol–water partition coefficient (Wildman–Crippen LogP) is 1.35. The van der Waals surface area contributed by atoms with E-state index in [0.29, 0.717) is 12.3 Å². The molecule has 0 aliphatic carbocycles.